The summed E-state index contributed by atoms with van der Waals surface area (Å²) in [5.74, 6) is -1.25. The Labute approximate surface area is 155 Å². The molecule has 0 saturated carbocycles. The van der Waals surface area contributed by atoms with E-state index in [1.54, 1.807) is 0 Å². The molecule has 1 aromatic carbocycles. The molecular formula is C21H29NO4. The molecule has 3 rings (SSSR count). The van der Waals surface area contributed by atoms with Gasteiger partial charge in [-0.25, -0.2) is 0 Å². The zero-order valence-corrected chi connectivity index (χ0v) is 15.9. The van der Waals surface area contributed by atoms with E-state index in [-0.39, 0.29) is 24.6 Å². The summed E-state index contributed by atoms with van der Waals surface area (Å²) in [6.45, 7) is 5.85. The maximum absolute atomic E-state index is 12.8. The molecular weight excluding hydrogens is 330 g/mol. The quantitative estimate of drug-likeness (QED) is 0.730. The van der Waals surface area contributed by atoms with Gasteiger partial charge in [0, 0.05) is 37.9 Å². The van der Waals surface area contributed by atoms with Crippen LogP contribution in [-0.2, 0) is 19.1 Å². The van der Waals surface area contributed by atoms with Crippen molar-refractivity contribution in [3.8, 4) is 0 Å². The predicted molar refractivity (Wildman–Crippen MR) is 98.7 cm³/mol. The number of benzene rings is 1. The van der Waals surface area contributed by atoms with Crippen LogP contribution in [0.2, 0.25) is 0 Å². The minimum absolute atomic E-state index is 0.0237. The van der Waals surface area contributed by atoms with Gasteiger partial charge in [-0.15, -0.1) is 0 Å². The normalized spacial score (nSPS) is 26.5. The molecule has 4 atom stereocenters. The number of esters is 2. The number of carbonyl (C=O) groups excluding carboxylic acids is 2. The molecule has 2 fully saturated rings. The standard InChI is InChI=1S/C21H29NO4/c1-14(2)22-17-9-10-18(22)12-19(11-17)26-21(24)20(13-25-15(3)23)16-7-5-4-6-8-16/h4-8,14,17-20H,9-13H2,1-3H3/t17-,18+,19?,20?. The molecule has 0 N–H and O–H groups in total. The van der Waals surface area contributed by atoms with Crippen LogP contribution in [0.5, 0.6) is 0 Å². The van der Waals surface area contributed by atoms with E-state index >= 15 is 0 Å². The largest absolute Gasteiger partial charge is 0.465 e. The highest BCUT2D eigenvalue weighted by Gasteiger charge is 2.43. The van der Waals surface area contributed by atoms with Crippen molar-refractivity contribution in [2.24, 2.45) is 0 Å². The van der Waals surface area contributed by atoms with Crippen molar-refractivity contribution in [2.45, 2.75) is 76.6 Å². The first kappa shape index (κ1) is 18.9. The molecule has 142 valence electrons. The Balaban J connectivity index is 1.66. The van der Waals surface area contributed by atoms with Crippen molar-refractivity contribution in [1.82, 2.24) is 4.90 Å². The number of piperidine rings is 1. The van der Waals surface area contributed by atoms with Crippen LogP contribution in [0.3, 0.4) is 0 Å². The molecule has 5 heteroatoms. The highest BCUT2D eigenvalue weighted by molar-refractivity contribution is 5.79. The van der Waals surface area contributed by atoms with Crippen molar-refractivity contribution in [3.63, 3.8) is 0 Å². The number of fused-ring (bicyclic) bond motifs is 2. The van der Waals surface area contributed by atoms with E-state index < -0.39 is 5.92 Å². The Bertz CT molecular complexity index is 616. The van der Waals surface area contributed by atoms with Gasteiger partial charge in [-0.2, -0.15) is 0 Å². The lowest BCUT2D eigenvalue weighted by Crippen LogP contribution is -2.49. The Morgan fingerprint density at radius 2 is 1.73 bits per heavy atom. The summed E-state index contributed by atoms with van der Waals surface area (Å²) in [5.41, 5.74) is 0.821. The number of nitrogens with zero attached hydrogens (tertiary/aromatic N) is 1. The Kier molecular flexibility index (Phi) is 5.97. The van der Waals surface area contributed by atoms with Gasteiger partial charge in [-0.05, 0) is 32.3 Å². The Hall–Kier alpha value is -1.88. The highest BCUT2D eigenvalue weighted by atomic mass is 16.6. The third kappa shape index (κ3) is 4.26. The summed E-state index contributed by atoms with van der Waals surface area (Å²) >= 11 is 0. The van der Waals surface area contributed by atoms with E-state index in [0.717, 1.165) is 18.4 Å². The molecule has 2 bridgehead atoms. The van der Waals surface area contributed by atoms with Crippen LogP contribution in [0.1, 0.15) is 57.9 Å². The molecule has 26 heavy (non-hydrogen) atoms. The summed E-state index contributed by atoms with van der Waals surface area (Å²) < 4.78 is 11.0. The molecule has 2 aliphatic heterocycles. The first-order valence-electron chi connectivity index (χ1n) is 9.62. The number of rotatable bonds is 6. The van der Waals surface area contributed by atoms with Gasteiger partial charge in [0.2, 0.25) is 0 Å². The van der Waals surface area contributed by atoms with Crippen LogP contribution in [-0.4, -0.2) is 47.7 Å². The van der Waals surface area contributed by atoms with Crippen LogP contribution >= 0.6 is 0 Å². The average Bonchev–Trinajstić information content (AvgIpc) is 2.87. The smallest absolute Gasteiger partial charge is 0.317 e. The third-order valence-electron chi connectivity index (χ3n) is 5.57. The molecule has 2 unspecified atom stereocenters. The fourth-order valence-electron chi connectivity index (χ4n) is 4.54. The van der Waals surface area contributed by atoms with E-state index in [0.29, 0.717) is 18.1 Å². The second-order valence-electron chi connectivity index (χ2n) is 7.72. The van der Waals surface area contributed by atoms with Gasteiger partial charge >= 0.3 is 11.9 Å². The molecule has 0 radical (unpaired) electrons. The number of ether oxygens (including phenoxy) is 2. The van der Waals surface area contributed by atoms with Crippen LogP contribution in [0, 0.1) is 0 Å². The monoisotopic (exact) mass is 359 g/mol. The van der Waals surface area contributed by atoms with Gasteiger partial charge in [0.05, 0.1) is 0 Å². The zero-order chi connectivity index (χ0) is 18.7. The predicted octanol–water partition coefficient (Wildman–Crippen LogP) is 3.28. The van der Waals surface area contributed by atoms with Crippen LogP contribution in [0.15, 0.2) is 30.3 Å². The van der Waals surface area contributed by atoms with Crippen molar-refractivity contribution >= 4 is 11.9 Å². The molecule has 2 aliphatic rings. The number of hydrogen-bond acceptors (Lipinski definition) is 5. The second-order valence-corrected chi connectivity index (χ2v) is 7.72. The van der Waals surface area contributed by atoms with Crippen molar-refractivity contribution in [1.29, 1.82) is 0 Å². The maximum Gasteiger partial charge on any atom is 0.317 e. The number of carbonyl (C=O) groups is 2. The summed E-state index contributed by atoms with van der Waals surface area (Å²) in [4.78, 5) is 26.6. The molecule has 0 aromatic heterocycles. The molecule has 0 aliphatic carbocycles. The lowest BCUT2D eigenvalue weighted by atomic mass is 9.97. The van der Waals surface area contributed by atoms with Gasteiger partial charge in [0.1, 0.15) is 18.6 Å². The minimum atomic E-state index is -0.569. The maximum atomic E-state index is 12.8. The Morgan fingerprint density at radius 3 is 2.27 bits per heavy atom. The molecule has 2 heterocycles. The molecule has 0 amide bonds. The van der Waals surface area contributed by atoms with Crippen molar-refractivity contribution in [3.05, 3.63) is 35.9 Å². The zero-order valence-electron chi connectivity index (χ0n) is 15.9. The Morgan fingerprint density at radius 1 is 1.12 bits per heavy atom. The summed E-state index contributed by atoms with van der Waals surface area (Å²) in [6.07, 6.45) is 4.13. The molecule has 0 spiro atoms. The van der Waals surface area contributed by atoms with E-state index in [4.69, 9.17) is 9.47 Å². The first-order chi connectivity index (χ1) is 12.5. The fraction of sp³-hybridized carbons (Fsp3) is 0.619. The van der Waals surface area contributed by atoms with Gasteiger partial charge in [0.25, 0.3) is 0 Å². The van der Waals surface area contributed by atoms with Gasteiger partial charge < -0.3 is 9.47 Å². The van der Waals surface area contributed by atoms with Crippen LogP contribution in [0.4, 0.5) is 0 Å². The second kappa shape index (κ2) is 8.21. The van der Waals surface area contributed by atoms with Crippen molar-refractivity contribution < 1.29 is 19.1 Å². The van der Waals surface area contributed by atoms with Crippen LogP contribution < -0.4 is 0 Å². The van der Waals surface area contributed by atoms with E-state index in [9.17, 15) is 9.59 Å². The summed E-state index contributed by atoms with van der Waals surface area (Å²) in [7, 11) is 0. The summed E-state index contributed by atoms with van der Waals surface area (Å²) in [6, 6.07) is 11.0. The molecule has 2 saturated heterocycles. The fourth-order valence-corrected chi connectivity index (χ4v) is 4.54. The van der Waals surface area contributed by atoms with E-state index in [1.807, 2.05) is 30.3 Å². The first-order valence-corrected chi connectivity index (χ1v) is 9.62. The average molecular weight is 359 g/mol. The van der Waals surface area contributed by atoms with Crippen LogP contribution in [0.25, 0.3) is 0 Å². The topological polar surface area (TPSA) is 55.8 Å². The molecule has 5 nitrogen and oxygen atoms in total. The lowest BCUT2D eigenvalue weighted by molar-refractivity contribution is -0.158. The minimum Gasteiger partial charge on any atom is -0.465 e. The van der Waals surface area contributed by atoms with Gasteiger partial charge in [0.15, 0.2) is 0 Å². The highest BCUT2D eigenvalue weighted by Crippen LogP contribution is 2.38. The third-order valence-corrected chi connectivity index (χ3v) is 5.57. The summed E-state index contributed by atoms with van der Waals surface area (Å²) in [5, 5.41) is 0. The van der Waals surface area contributed by atoms with E-state index in [2.05, 4.69) is 18.7 Å². The SMILES string of the molecule is CC(=O)OCC(C(=O)OC1C[C@H]2CC[C@@H](C1)N2C(C)C)c1ccccc1. The number of hydrogen-bond donors (Lipinski definition) is 0. The lowest BCUT2D eigenvalue weighted by Gasteiger charge is -2.41. The molecule has 1 aromatic rings. The van der Waals surface area contributed by atoms with Gasteiger partial charge in [-0.1, -0.05) is 30.3 Å². The van der Waals surface area contributed by atoms with Crippen molar-refractivity contribution in [2.75, 3.05) is 6.61 Å². The van der Waals surface area contributed by atoms with E-state index in [1.165, 1.54) is 19.8 Å². The van der Waals surface area contributed by atoms with Gasteiger partial charge in [-0.3, -0.25) is 14.5 Å².